The number of amides is 1. The van der Waals surface area contributed by atoms with Gasteiger partial charge in [0.2, 0.25) is 5.91 Å². The molecule has 5 nitrogen and oxygen atoms in total. The predicted octanol–water partition coefficient (Wildman–Crippen LogP) is 2.93. The molecule has 2 aromatic rings. The molecule has 0 aliphatic rings. The van der Waals surface area contributed by atoms with Crippen LogP contribution in [-0.2, 0) is 14.3 Å². The SMILES string of the molecule is CCOC(=O)CNC(=O)CSc1nc2c(C)cc(C)cc2cc1C. The molecule has 1 N–H and O–H groups in total. The average Bonchev–Trinajstić information content (AvgIpc) is 2.51. The molecule has 0 bridgehead atoms. The summed E-state index contributed by atoms with van der Waals surface area (Å²) >= 11 is 1.37. The number of esters is 1. The molecule has 1 aromatic carbocycles. The monoisotopic (exact) mass is 346 g/mol. The van der Waals surface area contributed by atoms with Crippen LogP contribution in [0.2, 0.25) is 0 Å². The molecule has 1 aromatic heterocycles. The largest absolute Gasteiger partial charge is 0.465 e. The van der Waals surface area contributed by atoms with Gasteiger partial charge in [0.15, 0.2) is 0 Å². The van der Waals surface area contributed by atoms with E-state index in [0.29, 0.717) is 6.61 Å². The molecule has 0 atom stereocenters. The summed E-state index contributed by atoms with van der Waals surface area (Å²) in [6, 6.07) is 6.31. The lowest BCUT2D eigenvalue weighted by Gasteiger charge is -2.10. The van der Waals surface area contributed by atoms with Crippen molar-refractivity contribution in [2.24, 2.45) is 0 Å². The van der Waals surface area contributed by atoms with Crippen LogP contribution in [0, 0.1) is 20.8 Å². The molecule has 2 rings (SSSR count). The van der Waals surface area contributed by atoms with Crippen LogP contribution in [0.15, 0.2) is 23.2 Å². The molecule has 0 radical (unpaired) electrons. The topological polar surface area (TPSA) is 68.3 Å². The summed E-state index contributed by atoms with van der Waals surface area (Å²) in [6.45, 7) is 8.03. The number of hydrogen-bond acceptors (Lipinski definition) is 5. The lowest BCUT2D eigenvalue weighted by atomic mass is 10.1. The highest BCUT2D eigenvalue weighted by atomic mass is 32.2. The van der Waals surface area contributed by atoms with Crippen LogP contribution in [0.4, 0.5) is 0 Å². The van der Waals surface area contributed by atoms with Crippen LogP contribution < -0.4 is 5.32 Å². The number of thioether (sulfide) groups is 1. The van der Waals surface area contributed by atoms with Gasteiger partial charge in [0, 0.05) is 5.39 Å². The minimum Gasteiger partial charge on any atom is -0.465 e. The number of nitrogens with one attached hydrogen (secondary N) is 1. The quantitative estimate of drug-likeness (QED) is 0.643. The van der Waals surface area contributed by atoms with Gasteiger partial charge < -0.3 is 10.1 Å². The Morgan fingerprint density at radius 1 is 1.17 bits per heavy atom. The van der Waals surface area contributed by atoms with Crippen molar-refractivity contribution >= 4 is 34.5 Å². The molecule has 24 heavy (non-hydrogen) atoms. The minimum absolute atomic E-state index is 0.101. The fourth-order valence-electron chi connectivity index (χ4n) is 2.45. The van der Waals surface area contributed by atoms with Crippen LogP contribution in [0.5, 0.6) is 0 Å². The van der Waals surface area contributed by atoms with Crippen molar-refractivity contribution in [1.82, 2.24) is 10.3 Å². The second kappa shape index (κ2) is 8.15. The van der Waals surface area contributed by atoms with Gasteiger partial charge in [-0.15, -0.1) is 0 Å². The number of carbonyl (C=O) groups is 2. The molecule has 0 unspecified atom stereocenters. The number of pyridine rings is 1. The van der Waals surface area contributed by atoms with Gasteiger partial charge in [-0.25, -0.2) is 4.98 Å². The molecular weight excluding hydrogens is 324 g/mol. The van der Waals surface area contributed by atoms with E-state index in [1.54, 1.807) is 6.92 Å². The second-order valence-corrected chi connectivity index (χ2v) is 6.60. The first-order valence-electron chi connectivity index (χ1n) is 7.84. The van der Waals surface area contributed by atoms with E-state index in [4.69, 9.17) is 9.72 Å². The molecule has 0 aliphatic heterocycles. The maximum Gasteiger partial charge on any atom is 0.325 e. The van der Waals surface area contributed by atoms with E-state index in [1.165, 1.54) is 17.3 Å². The van der Waals surface area contributed by atoms with Gasteiger partial charge in [0.25, 0.3) is 0 Å². The third kappa shape index (κ3) is 4.71. The Morgan fingerprint density at radius 3 is 2.62 bits per heavy atom. The summed E-state index contributed by atoms with van der Waals surface area (Å²) in [5.41, 5.74) is 4.33. The number of carbonyl (C=O) groups excluding carboxylic acids is 2. The highest BCUT2D eigenvalue weighted by molar-refractivity contribution is 7.99. The Hall–Kier alpha value is -2.08. The number of aryl methyl sites for hydroxylation is 3. The molecule has 0 saturated heterocycles. The van der Waals surface area contributed by atoms with Gasteiger partial charge in [-0.3, -0.25) is 9.59 Å². The number of nitrogens with zero attached hydrogens (tertiary/aromatic N) is 1. The van der Waals surface area contributed by atoms with Crippen LogP contribution >= 0.6 is 11.8 Å². The van der Waals surface area contributed by atoms with Gasteiger partial charge in [0.1, 0.15) is 11.6 Å². The van der Waals surface area contributed by atoms with Crippen molar-refractivity contribution < 1.29 is 14.3 Å². The number of ether oxygens (including phenoxy) is 1. The molecule has 0 aliphatic carbocycles. The molecule has 0 spiro atoms. The third-order valence-electron chi connectivity index (χ3n) is 3.47. The summed E-state index contributed by atoms with van der Waals surface area (Å²) in [7, 11) is 0. The summed E-state index contributed by atoms with van der Waals surface area (Å²) in [5.74, 6) is -0.430. The fraction of sp³-hybridized carbons (Fsp3) is 0.389. The Labute approximate surface area is 146 Å². The molecule has 1 heterocycles. The zero-order valence-electron chi connectivity index (χ0n) is 14.4. The first-order valence-corrected chi connectivity index (χ1v) is 8.83. The minimum atomic E-state index is -0.429. The third-order valence-corrected chi connectivity index (χ3v) is 4.57. The first-order chi connectivity index (χ1) is 11.4. The summed E-state index contributed by atoms with van der Waals surface area (Å²) in [6.07, 6.45) is 0. The molecule has 0 fully saturated rings. The normalized spacial score (nSPS) is 10.7. The molecule has 6 heteroatoms. The maximum atomic E-state index is 11.8. The maximum absolute atomic E-state index is 11.8. The molecule has 1 amide bonds. The zero-order chi connectivity index (χ0) is 17.7. The second-order valence-electron chi connectivity index (χ2n) is 5.63. The van der Waals surface area contributed by atoms with Gasteiger partial charge in [-0.05, 0) is 51.0 Å². The first kappa shape index (κ1) is 18.3. The van der Waals surface area contributed by atoms with Crippen molar-refractivity contribution in [3.8, 4) is 0 Å². The van der Waals surface area contributed by atoms with Crippen molar-refractivity contribution in [3.63, 3.8) is 0 Å². The standard InChI is InChI=1S/C18H22N2O3S/c1-5-23-16(22)9-19-15(21)10-24-18-13(4)8-14-7-11(2)6-12(3)17(14)20-18/h6-8H,5,9-10H2,1-4H3,(H,19,21). The van der Waals surface area contributed by atoms with Crippen LogP contribution in [0.25, 0.3) is 10.9 Å². The Balaban J connectivity index is 2.03. The molecule has 128 valence electrons. The van der Waals surface area contributed by atoms with E-state index in [9.17, 15) is 9.59 Å². The smallest absolute Gasteiger partial charge is 0.325 e. The number of benzene rings is 1. The van der Waals surface area contributed by atoms with Crippen LogP contribution in [0.1, 0.15) is 23.6 Å². The summed E-state index contributed by atoms with van der Waals surface area (Å²) in [4.78, 5) is 27.8. The van der Waals surface area contributed by atoms with Gasteiger partial charge in [-0.2, -0.15) is 0 Å². The molecule has 0 saturated carbocycles. The lowest BCUT2D eigenvalue weighted by molar-refractivity contribution is -0.143. The Bertz CT molecular complexity index is 774. The number of fused-ring (bicyclic) bond motifs is 1. The van der Waals surface area contributed by atoms with Gasteiger partial charge in [-0.1, -0.05) is 23.4 Å². The number of rotatable bonds is 6. The number of aromatic nitrogens is 1. The average molecular weight is 346 g/mol. The van der Waals surface area contributed by atoms with E-state index in [2.05, 4.69) is 30.4 Å². The number of hydrogen-bond donors (Lipinski definition) is 1. The highest BCUT2D eigenvalue weighted by Crippen LogP contribution is 2.26. The summed E-state index contributed by atoms with van der Waals surface area (Å²) in [5, 5.41) is 4.50. The van der Waals surface area contributed by atoms with Crippen molar-refractivity contribution in [2.45, 2.75) is 32.7 Å². The van der Waals surface area contributed by atoms with E-state index in [1.807, 2.05) is 13.8 Å². The lowest BCUT2D eigenvalue weighted by Crippen LogP contribution is -2.31. The van der Waals surface area contributed by atoms with E-state index in [0.717, 1.165) is 27.1 Å². The van der Waals surface area contributed by atoms with Crippen LogP contribution in [0.3, 0.4) is 0 Å². The summed E-state index contributed by atoms with van der Waals surface area (Å²) < 4.78 is 4.77. The fourth-order valence-corrected chi connectivity index (χ4v) is 3.27. The van der Waals surface area contributed by atoms with E-state index in [-0.39, 0.29) is 18.2 Å². The zero-order valence-corrected chi connectivity index (χ0v) is 15.3. The highest BCUT2D eigenvalue weighted by Gasteiger charge is 2.11. The Kier molecular flexibility index (Phi) is 6.20. The van der Waals surface area contributed by atoms with E-state index >= 15 is 0 Å². The van der Waals surface area contributed by atoms with E-state index < -0.39 is 5.97 Å². The van der Waals surface area contributed by atoms with Crippen molar-refractivity contribution in [2.75, 3.05) is 18.9 Å². The Morgan fingerprint density at radius 2 is 1.92 bits per heavy atom. The van der Waals surface area contributed by atoms with Gasteiger partial charge in [0.05, 0.1) is 17.9 Å². The predicted molar refractivity (Wildman–Crippen MR) is 96.3 cm³/mol. The van der Waals surface area contributed by atoms with Gasteiger partial charge >= 0.3 is 5.97 Å². The van der Waals surface area contributed by atoms with Crippen molar-refractivity contribution in [3.05, 3.63) is 34.9 Å². The molecular formula is C18H22N2O3S. The van der Waals surface area contributed by atoms with Crippen LogP contribution in [-0.4, -0.2) is 35.8 Å². The van der Waals surface area contributed by atoms with Crippen molar-refractivity contribution in [1.29, 1.82) is 0 Å².